The second-order valence-corrected chi connectivity index (χ2v) is 5.71. The minimum absolute atomic E-state index is 0.558. The maximum Gasteiger partial charge on any atom is 0.314 e. The molecule has 0 bridgehead atoms. The monoisotopic (exact) mass is 360 g/mol. The fourth-order valence-electron chi connectivity index (χ4n) is 2.11. The number of carbonyl (C=O) groups is 2. The van der Waals surface area contributed by atoms with Crippen LogP contribution in [0.5, 0.6) is 0 Å². The van der Waals surface area contributed by atoms with Gasteiger partial charge in [0.05, 0.1) is 5.69 Å². The molecule has 0 aliphatic heterocycles. The first-order valence-electron chi connectivity index (χ1n) is 6.98. The van der Waals surface area contributed by atoms with Crippen LogP contribution in [0.4, 0.5) is 11.4 Å². The summed E-state index contributed by atoms with van der Waals surface area (Å²) < 4.78 is 0.723. The van der Waals surface area contributed by atoms with Gasteiger partial charge in [-0.05, 0) is 52.5 Å². The van der Waals surface area contributed by atoms with Crippen LogP contribution in [-0.4, -0.2) is 11.8 Å². The number of anilines is 2. The van der Waals surface area contributed by atoms with Crippen LogP contribution < -0.4 is 10.6 Å². The highest BCUT2D eigenvalue weighted by molar-refractivity contribution is 9.10. The Morgan fingerprint density at radius 1 is 1.00 bits per heavy atom. The zero-order valence-corrected chi connectivity index (χ0v) is 14.0. The minimum Gasteiger partial charge on any atom is -0.317 e. The van der Waals surface area contributed by atoms with Crippen LogP contribution in [0.3, 0.4) is 0 Å². The van der Waals surface area contributed by atoms with Crippen LogP contribution in [0.1, 0.15) is 18.1 Å². The maximum atomic E-state index is 12.1. The highest BCUT2D eigenvalue weighted by atomic mass is 79.9. The average Bonchev–Trinajstić information content (AvgIpc) is 2.51. The Bertz CT molecular complexity index is 714. The molecule has 114 valence electrons. The van der Waals surface area contributed by atoms with Crippen molar-refractivity contribution in [3.63, 3.8) is 0 Å². The van der Waals surface area contributed by atoms with Crippen molar-refractivity contribution in [2.24, 2.45) is 0 Å². The Balaban J connectivity index is 2.13. The lowest BCUT2D eigenvalue weighted by Crippen LogP contribution is -2.29. The summed E-state index contributed by atoms with van der Waals surface area (Å²) in [5, 5.41) is 5.29. The third-order valence-corrected chi connectivity index (χ3v) is 4.00. The van der Waals surface area contributed by atoms with Crippen LogP contribution in [0.15, 0.2) is 46.9 Å². The standard InChI is InChI=1S/C17H17BrN2O2/c1-3-12-8-6-7-11(2)15(12)20-17(22)16(21)19-14-10-5-4-9-13(14)18/h4-10H,3H2,1-2H3,(H,19,21)(H,20,22). The minimum atomic E-state index is -0.697. The van der Waals surface area contributed by atoms with Crippen LogP contribution in [-0.2, 0) is 16.0 Å². The Morgan fingerprint density at radius 3 is 2.36 bits per heavy atom. The molecule has 2 aromatic rings. The van der Waals surface area contributed by atoms with Gasteiger partial charge in [-0.1, -0.05) is 37.3 Å². The van der Waals surface area contributed by atoms with E-state index < -0.39 is 11.8 Å². The van der Waals surface area contributed by atoms with E-state index in [1.165, 1.54) is 0 Å². The molecule has 0 atom stereocenters. The molecule has 2 amide bonds. The molecule has 2 rings (SSSR count). The van der Waals surface area contributed by atoms with Gasteiger partial charge in [0.2, 0.25) is 0 Å². The molecule has 2 N–H and O–H groups in total. The predicted molar refractivity (Wildman–Crippen MR) is 92.0 cm³/mol. The smallest absolute Gasteiger partial charge is 0.314 e. The summed E-state index contributed by atoms with van der Waals surface area (Å²) in [6.45, 7) is 3.91. The van der Waals surface area contributed by atoms with Gasteiger partial charge >= 0.3 is 11.8 Å². The molecule has 0 aliphatic rings. The molecule has 0 saturated heterocycles. The summed E-state index contributed by atoms with van der Waals surface area (Å²) in [4.78, 5) is 24.1. The lowest BCUT2D eigenvalue weighted by Gasteiger charge is -2.13. The molecule has 0 unspecified atom stereocenters. The first-order valence-corrected chi connectivity index (χ1v) is 7.77. The van der Waals surface area contributed by atoms with E-state index in [0.29, 0.717) is 11.4 Å². The first kappa shape index (κ1) is 16.2. The fraction of sp³-hybridized carbons (Fsp3) is 0.176. The Morgan fingerprint density at radius 2 is 1.68 bits per heavy atom. The van der Waals surface area contributed by atoms with Crippen molar-refractivity contribution in [1.82, 2.24) is 0 Å². The SMILES string of the molecule is CCc1cccc(C)c1NC(=O)C(=O)Nc1ccccc1Br. The molecule has 22 heavy (non-hydrogen) atoms. The molecule has 0 fully saturated rings. The van der Waals surface area contributed by atoms with E-state index in [4.69, 9.17) is 0 Å². The molecule has 2 aromatic carbocycles. The van der Waals surface area contributed by atoms with Crippen molar-refractivity contribution in [1.29, 1.82) is 0 Å². The first-order chi connectivity index (χ1) is 10.5. The van der Waals surface area contributed by atoms with E-state index in [1.807, 2.05) is 38.1 Å². The van der Waals surface area contributed by atoms with E-state index in [9.17, 15) is 9.59 Å². The third-order valence-electron chi connectivity index (χ3n) is 3.31. The molecular weight excluding hydrogens is 344 g/mol. The molecule has 0 aromatic heterocycles. The molecule has 0 spiro atoms. The summed E-state index contributed by atoms with van der Waals surface area (Å²) >= 11 is 3.33. The summed E-state index contributed by atoms with van der Waals surface area (Å²) in [6.07, 6.45) is 0.781. The van der Waals surface area contributed by atoms with Gasteiger partial charge in [0.1, 0.15) is 0 Å². The number of aryl methyl sites for hydroxylation is 2. The van der Waals surface area contributed by atoms with Crippen molar-refractivity contribution in [2.75, 3.05) is 10.6 Å². The lowest BCUT2D eigenvalue weighted by atomic mass is 10.1. The zero-order chi connectivity index (χ0) is 16.1. The number of benzene rings is 2. The Labute approximate surface area is 138 Å². The molecule has 4 nitrogen and oxygen atoms in total. The van der Waals surface area contributed by atoms with Gasteiger partial charge in [-0.3, -0.25) is 9.59 Å². The van der Waals surface area contributed by atoms with Crippen molar-refractivity contribution < 1.29 is 9.59 Å². The summed E-state index contributed by atoms with van der Waals surface area (Å²) in [5.41, 5.74) is 3.20. The quantitative estimate of drug-likeness (QED) is 0.815. The summed E-state index contributed by atoms with van der Waals surface area (Å²) in [5.74, 6) is -1.38. The zero-order valence-electron chi connectivity index (χ0n) is 12.4. The second kappa shape index (κ2) is 7.22. The van der Waals surface area contributed by atoms with Crippen LogP contribution >= 0.6 is 15.9 Å². The topological polar surface area (TPSA) is 58.2 Å². The van der Waals surface area contributed by atoms with Gasteiger partial charge in [0.25, 0.3) is 0 Å². The number of rotatable bonds is 3. The number of halogens is 1. The van der Waals surface area contributed by atoms with E-state index in [-0.39, 0.29) is 0 Å². The van der Waals surface area contributed by atoms with E-state index >= 15 is 0 Å². The average molecular weight is 361 g/mol. The summed E-state index contributed by atoms with van der Waals surface area (Å²) in [7, 11) is 0. The molecule has 0 aliphatic carbocycles. The molecule has 0 radical (unpaired) electrons. The number of carbonyl (C=O) groups excluding carboxylic acids is 2. The molecule has 0 saturated carbocycles. The van der Waals surface area contributed by atoms with Gasteiger partial charge in [-0.15, -0.1) is 0 Å². The number of hydrogen-bond donors (Lipinski definition) is 2. The highest BCUT2D eigenvalue weighted by Gasteiger charge is 2.17. The molecular formula is C17H17BrN2O2. The van der Waals surface area contributed by atoms with Crippen molar-refractivity contribution >= 4 is 39.1 Å². The van der Waals surface area contributed by atoms with Gasteiger partial charge in [-0.2, -0.15) is 0 Å². The Kier molecular flexibility index (Phi) is 5.33. The van der Waals surface area contributed by atoms with E-state index in [2.05, 4.69) is 26.6 Å². The van der Waals surface area contributed by atoms with Gasteiger partial charge < -0.3 is 10.6 Å². The molecule has 0 heterocycles. The predicted octanol–water partition coefficient (Wildman–Crippen LogP) is 3.90. The highest BCUT2D eigenvalue weighted by Crippen LogP contribution is 2.22. The van der Waals surface area contributed by atoms with Gasteiger partial charge in [0.15, 0.2) is 0 Å². The lowest BCUT2D eigenvalue weighted by molar-refractivity contribution is -0.133. The van der Waals surface area contributed by atoms with Crippen LogP contribution in [0.25, 0.3) is 0 Å². The number of nitrogens with one attached hydrogen (secondary N) is 2. The van der Waals surface area contributed by atoms with Gasteiger partial charge in [0, 0.05) is 10.2 Å². The maximum absolute atomic E-state index is 12.1. The summed E-state index contributed by atoms with van der Waals surface area (Å²) in [6, 6.07) is 12.9. The number of amides is 2. The number of hydrogen-bond acceptors (Lipinski definition) is 2. The van der Waals surface area contributed by atoms with E-state index in [0.717, 1.165) is 22.0 Å². The number of para-hydroxylation sites is 2. The van der Waals surface area contributed by atoms with Gasteiger partial charge in [-0.25, -0.2) is 0 Å². The van der Waals surface area contributed by atoms with Crippen molar-refractivity contribution in [3.05, 3.63) is 58.1 Å². The molecule has 5 heteroatoms. The Hall–Kier alpha value is -2.14. The third kappa shape index (κ3) is 3.74. The van der Waals surface area contributed by atoms with Crippen molar-refractivity contribution in [3.8, 4) is 0 Å². The largest absolute Gasteiger partial charge is 0.317 e. The fourth-order valence-corrected chi connectivity index (χ4v) is 2.50. The van der Waals surface area contributed by atoms with Crippen molar-refractivity contribution in [2.45, 2.75) is 20.3 Å². The van der Waals surface area contributed by atoms with Crippen LogP contribution in [0, 0.1) is 6.92 Å². The van der Waals surface area contributed by atoms with E-state index in [1.54, 1.807) is 18.2 Å². The second-order valence-electron chi connectivity index (χ2n) is 4.85. The normalized spacial score (nSPS) is 10.1. The van der Waals surface area contributed by atoms with Crippen LogP contribution in [0.2, 0.25) is 0 Å².